The van der Waals surface area contributed by atoms with Gasteiger partial charge in [-0.05, 0) is 42.8 Å². The van der Waals surface area contributed by atoms with Crippen molar-refractivity contribution in [2.45, 2.75) is 19.3 Å². The van der Waals surface area contributed by atoms with Gasteiger partial charge in [0, 0.05) is 29.2 Å². The number of rotatable bonds is 3. The SMILES string of the molecule is Cc1ccc(Cl)cc1N1CC(c2nc(-c3ccc4c(c3)OCO4)no2)CC1=O. The van der Waals surface area contributed by atoms with Gasteiger partial charge in [-0.3, -0.25) is 4.79 Å². The maximum atomic E-state index is 12.6. The van der Waals surface area contributed by atoms with Gasteiger partial charge in [0.05, 0.1) is 5.92 Å². The van der Waals surface area contributed by atoms with Crippen molar-refractivity contribution >= 4 is 23.2 Å². The first-order chi connectivity index (χ1) is 13.6. The molecule has 1 unspecified atom stereocenters. The summed E-state index contributed by atoms with van der Waals surface area (Å²) in [6.45, 7) is 2.64. The molecule has 2 aromatic carbocycles. The first-order valence-corrected chi connectivity index (χ1v) is 9.26. The Morgan fingerprint density at radius 3 is 2.89 bits per heavy atom. The average Bonchev–Trinajstić information content (AvgIpc) is 3.42. The van der Waals surface area contributed by atoms with E-state index in [0.29, 0.717) is 41.2 Å². The number of fused-ring (bicyclic) bond motifs is 1. The number of hydrogen-bond donors (Lipinski definition) is 0. The van der Waals surface area contributed by atoms with E-state index in [2.05, 4.69) is 10.1 Å². The highest BCUT2D eigenvalue weighted by molar-refractivity contribution is 6.31. The van der Waals surface area contributed by atoms with Crippen LogP contribution in [-0.2, 0) is 4.79 Å². The molecule has 28 heavy (non-hydrogen) atoms. The van der Waals surface area contributed by atoms with Crippen LogP contribution in [-0.4, -0.2) is 29.4 Å². The van der Waals surface area contributed by atoms with Crippen molar-refractivity contribution in [1.29, 1.82) is 0 Å². The fourth-order valence-electron chi connectivity index (χ4n) is 3.53. The Labute approximate surface area is 165 Å². The molecule has 0 saturated carbocycles. The maximum Gasteiger partial charge on any atom is 0.232 e. The molecular weight excluding hydrogens is 382 g/mol. The van der Waals surface area contributed by atoms with Crippen LogP contribution in [0.25, 0.3) is 11.4 Å². The fourth-order valence-corrected chi connectivity index (χ4v) is 3.70. The van der Waals surface area contributed by atoms with Crippen molar-refractivity contribution in [3.05, 3.63) is 52.9 Å². The van der Waals surface area contributed by atoms with Crippen LogP contribution in [0.1, 0.15) is 23.8 Å². The standard InChI is InChI=1S/C20H16ClN3O4/c1-11-2-4-14(21)8-15(11)24-9-13(7-18(24)25)20-22-19(23-28-20)12-3-5-16-17(6-12)27-10-26-16/h2-6,8,13H,7,9-10H2,1H3. The molecule has 0 bridgehead atoms. The minimum Gasteiger partial charge on any atom is -0.454 e. The molecule has 1 aromatic heterocycles. The normalized spacial score (nSPS) is 18.1. The summed E-state index contributed by atoms with van der Waals surface area (Å²) in [5.41, 5.74) is 2.58. The van der Waals surface area contributed by atoms with Crippen molar-refractivity contribution in [3.63, 3.8) is 0 Å². The monoisotopic (exact) mass is 397 g/mol. The van der Waals surface area contributed by atoms with Gasteiger partial charge in [0.15, 0.2) is 11.5 Å². The van der Waals surface area contributed by atoms with Gasteiger partial charge in [0.1, 0.15) is 0 Å². The molecule has 7 nitrogen and oxygen atoms in total. The van der Waals surface area contributed by atoms with Gasteiger partial charge in [0.2, 0.25) is 24.4 Å². The smallest absolute Gasteiger partial charge is 0.232 e. The molecule has 1 atom stereocenters. The van der Waals surface area contributed by atoms with Crippen molar-refractivity contribution in [1.82, 2.24) is 10.1 Å². The molecule has 142 valence electrons. The zero-order chi connectivity index (χ0) is 19.3. The summed E-state index contributed by atoms with van der Waals surface area (Å²) >= 11 is 6.11. The number of amides is 1. The second-order valence-corrected chi connectivity index (χ2v) is 7.30. The summed E-state index contributed by atoms with van der Waals surface area (Å²) in [4.78, 5) is 18.8. The molecule has 3 aromatic rings. The van der Waals surface area contributed by atoms with E-state index >= 15 is 0 Å². The lowest BCUT2D eigenvalue weighted by atomic mass is 10.1. The van der Waals surface area contributed by atoms with Crippen LogP contribution in [0.5, 0.6) is 11.5 Å². The van der Waals surface area contributed by atoms with Crippen LogP contribution in [0.2, 0.25) is 5.02 Å². The zero-order valence-electron chi connectivity index (χ0n) is 15.0. The highest BCUT2D eigenvalue weighted by atomic mass is 35.5. The van der Waals surface area contributed by atoms with Crippen LogP contribution < -0.4 is 14.4 Å². The molecule has 1 amide bonds. The number of carbonyl (C=O) groups is 1. The van der Waals surface area contributed by atoms with E-state index in [4.69, 9.17) is 25.6 Å². The van der Waals surface area contributed by atoms with Gasteiger partial charge in [-0.2, -0.15) is 4.98 Å². The van der Waals surface area contributed by atoms with Gasteiger partial charge in [-0.15, -0.1) is 0 Å². The lowest BCUT2D eigenvalue weighted by molar-refractivity contribution is -0.117. The molecule has 5 rings (SSSR count). The quantitative estimate of drug-likeness (QED) is 0.666. The first kappa shape index (κ1) is 17.1. The van der Waals surface area contributed by atoms with Crippen LogP contribution in [0, 0.1) is 6.92 Å². The summed E-state index contributed by atoms with van der Waals surface area (Å²) in [6.07, 6.45) is 0.314. The largest absolute Gasteiger partial charge is 0.454 e. The van der Waals surface area contributed by atoms with Crippen molar-refractivity contribution in [2.75, 3.05) is 18.2 Å². The fraction of sp³-hybridized carbons (Fsp3) is 0.250. The summed E-state index contributed by atoms with van der Waals surface area (Å²) in [5.74, 6) is 2.10. The van der Waals surface area contributed by atoms with E-state index < -0.39 is 0 Å². The number of aryl methyl sites for hydroxylation is 1. The third-order valence-corrected chi connectivity index (χ3v) is 5.24. The number of anilines is 1. The number of carbonyl (C=O) groups excluding carboxylic acids is 1. The van der Waals surface area contributed by atoms with Crippen molar-refractivity contribution in [2.24, 2.45) is 0 Å². The van der Waals surface area contributed by atoms with Crippen LogP contribution in [0.3, 0.4) is 0 Å². The molecule has 0 radical (unpaired) electrons. The predicted octanol–water partition coefficient (Wildman–Crippen LogP) is 3.95. The second kappa shape index (κ2) is 6.53. The van der Waals surface area contributed by atoms with E-state index in [1.165, 1.54) is 0 Å². The molecule has 0 spiro atoms. The van der Waals surface area contributed by atoms with Crippen LogP contribution in [0.4, 0.5) is 5.69 Å². The predicted molar refractivity (Wildman–Crippen MR) is 102 cm³/mol. The van der Waals surface area contributed by atoms with E-state index in [0.717, 1.165) is 16.8 Å². The first-order valence-electron chi connectivity index (χ1n) is 8.88. The molecule has 1 fully saturated rings. The summed E-state index contributed by atoms with van der Waals surface area (Å²) in [5, 5.41) is 4.67. The van der Waals surface area contributed by atoms with E-state index in [-0.39, 0.29) is 18.6 Å². The van der Waals surface area contributed by atoms with Crippen molar-refractivity contribution in [3.8, 4) is 22.9 Å². The Bertz CT molecular complexity index is 1080. The number of ether oxygens (including phenoxy) is 2. The number of nitrogens with zero attached hydrogens (tertiary/aromatic N) is 3. The number of halogens is 1. The summed E-state index contributed by atoms with van der Waals surface area (Å²) < 4.78 is 16.2. The van der Waals surface area contributed by atoms with E-state index in [1.807, 2.05) is 43.3 Å². The molecule has 1 saturated heterocycles. The van der Waals surface area contributed by atoms with Crippen molar-refractivity contribution < 1.29 is 18.8 Å². The molecule has 2 aliphatic heterocycles. The Morgan fingerprint density at radius 1 is 1.14 bits per heavy atom. The number of hydrogen-bond acceptors (Lipinski definition) is 6. The Kier molecular flexibility index (Phi) is 3.98. The highest BCUT2D eigenvalue weighted by Crippen LogP contribution is 2.37. The molecule has 8 heteroatoms. The molecular formula is C20H16ClN3O4. The third kappa shape index (κ3) is 2.88. The van der Waals surface area contributed by atoms with E-state index in [1.54, 1.807) is 4.90 Å². The number of benzene rings is 2. The van der Waals surface area contributed by atoms with E-state index in [9.17, 15) is 4.79 Å². The van der Waals surface area contributed by atoms with Crippen LogP contribution in [0.15, 0.2) is 40.9 Å². The highest BCUT2D eigenvalue weighted by Gasteiger charge is 2.36. The average molecular weight is 398 g/mol. The maximum absolute atomic E-state index is 12.6. The Balaban J connectivity index is 1.39. The van der Waals surface area contributed by atoms with Gasteiger partial charge < -0.3 is 18.9 Å². The molecule has 2 aliphatic rings. The lowest BCUT2D eigenvalue weighted by Crippen LogP contribution is -2.25. The zero-order valence-corrected chi connectivity index (χ0v) is 15.8. The minimum absolute atomic E-state index is 0.0122. The lowest BCUT2D eigenvalue weighted by Gasteiger charge is -2.18. The Hall–Kier alpha value is -3.06. The Morgan fingerprint density at radius 2 is 2.00 bits per heavy atom. The van der Waals surface area contributed by atoms with Gasteiger partial charge in [-0.25, -0.2) is 0 Å². The van der Waals surface area contributed by atoms with Gasteiger partial charge >= 0.3 is 0 Å². The molecule has 0 aliphatic carbocycles. The van der Waals surface area contributed by atoms with Gasteiger partial charge in [-0.1, -0.05) is 22.8 Å². The second-order valence-electron chi connectivity index (χ2n) is 6.86. The number of aromatic nitrogens is 2. The molecule has 3 heterocycles. The summed E-state index contributed by atoms with van der Waals surface area (Å²) in [6, 6.07) is 11.0. The summed E-state index contributed by atoms with van der Waals surface area (Å²) in [7, 11) is 0. The topological polar surface area (TPSA) is 77.7 Å². The molecule has 0 N–H and O–H groups in total. The van der Waals surface area contributed by atoms with Gasteiger partial charge in [0.25, 0.3) is 0 Å². The third-order valence-electron chi connectivity index (χ3n) is 5.01. The van der Waals surface area contributed by atoms with Crippen LogP contribution >= 0.6 is 11.6 Å². The minimum atomic E-state index is -0.166.